The summed E-state index contributed by atoms with van der Waals surface area (Å²) < 4.78 is 0. The molecule has 2 nitrogen and oxygen atoms in total. The first-order valence-corrected chi connectivity index (χ1v) is 9.92. The van der Waals surface area contributed by atoms with Crippen molar-refractivity contribution in [2.24, 2.45) is 16.7 Å². The lowest BCUT2D eigenvalue weighted by Gasteiger charge is -2.46. The van der Waals surface area contributed by atoms with Crippen molar-refractivity contribution in [1.29, 1.82) is 0 Å². The van der Waals surface area contributed by atoms with Crippen molar-refractivity contribution >= 4 is 0 Å². The van der Waals surface area contributed by atoms with Gasteiger partial charge < -0.3 is 4.90 Å². The van der Waals surface area contributed by atoms with Crippen molar-refractivity contribution in [3.63, 3.8) is 0 Å². The molecule has 0 spiro atoms. The van der Waals surface area contributed by atoms with Gasteiger partial charge in [0.1, 0.15) is 0 Å². The van der Waals surface area contributed by atoms with Crippen molar-refractivity contribution in [3.8, 4) is 0 Å². The van der Waals surface area contributed by atoms with Gasteiger partial charge in [0, 0.05) is 25.2 Å². The molecule has 0 aromatic carbocycles. The summed E-state index contributed by atoms with van der Waals surface area (Å²) in [4.78, 5) is 5.77. The van der Waals surface area contributed by atoms with Crippen molar-refractivity contribution < 1.29 is 0 Å². The highest BCUT2D eigenvalue weighted by molar-refractivity contribution is 5.03. The Morgan fingerprint density at radius 2 is 1.77 bits per heavy atom. The van der Waals surface area contributed by atoms with Crippen LogP contribution in [0.15, 0.2) is 0 Å². The van der Waals surface area contributed by atoms with Crippen LogP contribution >= 0.6 is 0 Å². The third-order valence-corrected chi connectivity index (χ3v) is 7.22. The summed E-state index contributed by atoms with van der Waals surface area (Å²) in [6, 6.07) is 1.80. The summed E-state index contributed by atoms with van der Waals surface area (Å²) in [6.07, 6.45) is 11.7. The molecule has 1 aliphatic carbocycles. The molecule has 22 heavy (non-hydrogen) atoms. The summed E-state index contributed by atoms with van der Waals surface area (Å²) in [5, 5.41) is 0. The second-order valence-corrected chi connectivity index (χ2v) is 10.1. The number of hydrogen-bond donors (Lipinski definition) is 0. The minimum Gasteiger partial charge on any atom is -0.300 e. The van der Waals surface area contributed by atoms with Crippen LogP contribution in [-0.4, -0.2) is 48.1 Å². The minimum atomic E-state index is 0.565. The normalized spacial score (nSPS) is 45.7. The largest absolute Gasteiger partial charge is 0.300 e. The lowest BCUT2D eigenvalue weighted by Crippen LogP contribution is -2.51. The fourth-order valence-electron chi connectivity index (χ4n) is 6.88. The zero-order chi connectivity index (χ0) is 15.4. The fourth-order valence-corrected chi connectivity index (χ4v) is 6.88. The van der Waals surface area contributed by atoms with Gasteiger partial charge in [-0.1, -0.05) is 27.2 Å². The number of hydrogen-bond acceptors (Lipinski definition) is 2. The highest BCUT2D eigenvalue weighted by Crippen LogP contribution is 2.52. The van der Waals surface area contributed by atoms with E-state index in [1.807, 2.05) is 0 Å². The highest BCUT2D eigenvalue weighted by Gasteiger charge is 2.50. The molecule has 3 aliphatic heterocycles. The van der Waals surface area contributed by atoms with Crippen molar-refractivity contribution in [2.45, 2.75) is 84.2 Å². The predicted octanol–water partition coefficient (Wildman–Crippen LogP) is 4.15. The van der Waals surface area contributed by atoms with Gasteiger partial charge in [0.25, 0.3) is 0 Å². The topological polar surface area (TPSA) is 6.48 Å². The van der Waals surface area contributed by atoms with Crippen molar-refractivity contribution in [3.05, 3.63) is 0 Å². The number of piperidine rings is 2. The molecule has 0 aromatic rings. The maximum Gasteiger partial charge on any atom is 0.0136 e. The maximum absolute atomic E-state index is 2.93. The van der Waals surface area contributed by atoms with Crippen LogP contribution in [0, 0.1) is 16.7 Å². The quantitative estimate of drug-likeness (QED) is 0.756. The third-order valence-electron chi connectivity index (χ3n) is 7.22. The van der Waals surface area contributed by atoms with Gasteiger partial charge in [-0.05, 0) is 74.8 Å². The van der Waals surface area contributed by atoms with Crippen LogP contribution in [-0.2, 0) is 0 Å². The molecule has 4 rings (SSSR count). The van der Waals surface area contributed by atoms with E-state index in [0.717, 1.165) is 18.0 Å². The second-order valence-electron chi connectivity index (χ2n) is 10.1. The average molecular weight is 305 g/mol. The summed E-state index contributed by atoms with van der Waals surface area (Å²) in [6.45, 7) is 13.1. The first-order valence-electron chi connectivity index (χ1n) is 9.92. The highest BCUT2D eigenvalue weighted by atomic mass is 15.2. The van der Waals surface area contributed by atoms with Crippen LogP contribution in [0.2, 0.25) is 0 Å². The van der Waals surface area contributed by atoms with Crippen LogP contribution in [0.5, 0.6) is 0 Å². The molecule has 2 bridgehead atoms. The zero-order valence-electron chi connectivity index (χ0n) is 15.1. The molecule has 4 fully saturated rings. The van der Waals surface area contributed by atoms with E-state index in [2.05, 4.69) is 30.6 Å². The van der Waals surface area contributed by atoms with Crippen LogP contribution in [0.4, 0.5) is 0 Å². The molecule has 0 unspecified atom stereocenters. The first kappa shape index (κ1) is 15.4. The van der Waals surface area contributed by atoms with Crippen LogP contribution < -0.4 is 0 Å². The van der Waals surface area contributed by atoms with E-state index in [0.29, 0.717) is 10.8 Å². The molecule has 0 N–H and O–H groups in total. The molecule has 1 saturated carbocycles. The van der Waals surface area contributed by atoms with E-state index in [4.69, 9.17) is 0 Å². The van der Waals surface area contributed by atoms with Crippen LogP contribution in [0.3, 0.4) is 0 Å². The predicted molar refractivity (Wildman–Crippen MR) is 93.0 cm³/mol. The Morgan fingerprint density at radius 3 is 2.64 bits per heavy atom. The number of rotatable bonds is 2. The molecule has 4 aliphatic rings. The van der Waals surface area contributed by atoms with E-state index < -0.39 is 0 Å². The van der Waals surface area contributed by atoms with Crippen LogP contribution in [0.1, 0.15) is 72.1 Å². The monoisotopic (exact) mass is 304 g/mol. The summed E-state index contributed by atoms with van der Waals surface area (Å²) in [5.74, 6) is 0.958. The molecule has 126 valence electrons. The SMILES string of the molecule is CC1(C)C[C@H]2C[C@@](C)(CN2C[C@@H]2CCCN3CCCC[C@@H]23)C1. The summed E-state index contributed by atoms with van der Waals surface area (Å²) >= 11 is 0. The summed E-state index contributed by atoms with van der Waals surface area (Å²) in [7, 11) is 0. The molecule has 2 heteroatoms. The zero-order valence-corrected chi connectivity index (χ0v) is 15.1. The van der Waals surface area contributed by atoms with Gasteiger partial charge in [-0.3, -0.25) is 4.90 Å². The summed E-state index contributed by atoms with van der Waals surface area (Å²) in [5.41, 5.74) is 1.17. The van der Waals surface area contributed by atoms with Gasteiger partial charge in [-0.15, -0.1) is 0 Å². The molecule has 3 saturated heterocycles. The van der Waals surface area contributed by atoms with Crippen molar-refractivity contribution in [2.75, 3.05) is 26.2 Å². The Labute approximate surface area is 137 Å². The van der Waals surface area contributed by atoms with E-state index in [1.54, 1.807) is 0 Å². The number of fused-ring (bicyclic) bond motifs is 3. The van der Waals surface area contributed by atoms with Crippen LogP contribution in [0.25, 0.3) is 0 Å². The lowest BCUT2D eigenvalue weighted by molar-refractivity contribution is 0.0357. The Bertz CT molecular complexity index is 416. The van der Waals surface area contributed by atoms with Gasteiger partial charge in [-0.25, -0.2) is 0 Å². The van der Waals surface area contributed by atoms with Gasteiger partial charge >= 0.3 is 0 Å². The Kier molecular flexibility index (Phi) is 3.85. The maximum atomic E-state index is 2.93. The van der Waals surface area contributed by atoms with Gasteiger partial charge in [0.2, 0.25) is 0 Å². The minimum absolute atomic E-state index is 0.565. The van der Waals surface area contributed by atoms with E-state index in [9.17, 15) is 0 Å². The molecule has 0 radical (unpaired) electrons. The molecule has 3 heterocycles. The average Bonchev–Trinajstić information content (AvgIpc) is 2.68. The first-order chi connectivity index (χ1) is 10.4. The number of likely N-dealkylation sites (tertiary alicyclic amines) is 1. The van der Waals surface area contributed by atoms with Gasteiger partial charge in [0.05, 0.1) is 0 Å². The molecular formula is C20H36N2. The Morgan fingerprint density at radius 1 is 0.955 bits per heavy atom. The Balaban J connectivity index is 1.45. The van der Waals surface area contributed by atoms with Gasteiger partial charge in [0.15, 0.2) is 0 Å². The molecule has 0 aromatic heterocycles. The van der Waals surface area contributed by atoms with E-state index in [1.165, 1.54) is 77.5 Å². The third kappa shape index (κ3) is 2.86. The smallest absolute Gasteiger partial charge is 0.0136 e. The molecular weight excluding hydrogens is 268 g/mol. The number of nitrogens with zero attached hydrogens (tertiary/aromatic N) is 2. The van der Waals surface area contributed by atoms with E-state index in [-0.39, 0.29) is 0 Å². The molecule has 4 atom stereocenters. The standard InChI is InChI=1S/C20H36N2/c1-19(2)11-17-12-20(3,14-19)15-22(17)13-16-7-6-10-21-9-5-4-8-18(16)21/h16-18H,4-15H2,1-3H3/t16-,17-,18-,20+/m0/s1. The van der Waals surface area contributed by atoms with E-state index >= 15 is 0 Å². The van der Waals surface area contributed by atoms with Crippen molar-refractivity contribution in [1.82, 2.24) is 9.80 Å². The van der Waals surface area contributed by atoms with Gasteiger partial charge in [-0.2, -0.15) is 0 Å². The molecule has 0 amide bonds. The second kappa shape index (κ2) is 5.48. The Hall–Kier alpha value is -0.0800. The fraction of sp³-hybridized carbons (Fsp3) is 1.00. The lowest BCUT2D eigenvalue weighted by atomic mass is 9.65.